The van der Waals surface area contributed by atoms with Gasteiger partial charge < -0.3 is 16.0 Å². The average molecular weight is 194 g/mol. The first-order chi connectivity index (χ1) is 6.38. The highest BCUT2D eigenvalue weighted by atomic mass is 15.0. The minimum Gasteiger partial charge on any atom is -0.384 e. The molecule has 1 rings (SSSR count). The van der Waals surface area contributed by atoms with Gasteiger partial charge in [0.25, 0.3) is 0 Å². The van der Waals surface area contributed by atoms with E-state index in [-0.39, 0.29) is 11.4 Å². The summed E-state index contributed by atoms with van der Waals surface area (Å²) in [4.78, 5) is 3.08. The van der Waals surface area contributed by atoms with Gasteiger partial charge in [0.2, 0.25) is 0 Å². The molecule has 4 nitrogen and oxygen atoms in total. The van der Waals surface area contributed by atoms with E-state index < -0.39 is 0 Å². The number of aromatic nitrogens is 1. The van der Waals surface area contributed by atoms with Gasteiger partial charge in [0.15, 0.2) is 0 Å². The van der Waals surface area contributed by atoms with Crippen LogP contribution in [0.1, 0.15) is 32.0 Å². The topological polar surface area (TPSA) is 77.7 Å². The lowest BCUT2D eigenvalue weighted by Crippen LogP contribution is -2.35. The zero-order valence-corrected chi connectivity index (χ0v) is 8.94. The molecule has 78 valence electrons. The molecular weight excluding hydrogens is 176 g/mol. The Labute approximate surface area is 84.4 Å². The zero-order chi connectivity index (χ0) is 10.8. The van der Waals surface area contributed by atoms with Gasteiger partial charge in [-0.05, 0) is 26.8 Å². The first-order valence-corrected chi connectivity index (χ1v) is 4.65. The van der Waals surface area contributed by atoms with Gasteiger partial charge in [-0.2, -0.15) is 0 Å². The third kappa shape index (κ3) is 3.22. The number of nitrogens with two attached hydrogens (primary N) is 1. The Morgan fingerprint density at radius 1 is 1.57 bits per heavy atom. The number of hydrogen-bond acceptors (Lipinski definition) is 2. The molecule has 0 aliphatic carbocycles. The van der Waals surface area contributed by atoms with Crippen LogP contribution >= 0.6 is 0 Å². The van der Waals surface area contributed by atoms with Gasteiger partial charge >= 0.3 is 0 Å². The lowest BCUT2D eigenvalue weighted by molar-refractivity contribution is 0.422. The van der Waals surface area contributed by atoms with Crippen molar-refractivity contribution in [2.24, 2.45) is 5.73 Å². The Balaban J connectivity index is 2.56. The molecule has 1 aromatic rings. The maximum absolute atomic E-state index is 7.24. The van der Waals surface area contributed by atoms with E-state index >= 15 is 0 Å². The fourth-order valence-corrected chi connectivity index (χ4v) is 1.06. The normalized spacial score (nSPS) is 11.6. The van der Waals surface area contributed by atoms with E-state index in [1.807, 2.05) is 6.07 Å². The number of H-pyrrole nitrogens is 1. The van der Waals surface area contributed by atoms with Gasteiger partial charge in [-0.3, -0.25) is 5.41 Å². The first-order valence-electron chi connectivity index (χ1n) is 4.65. The van der Waals surface area contributed by atoms with E-state index in [0.29, 0.717) is 0 Å². The van der Waals surface area contributed by atoms with Crippen LogP contribution in [0.5, 0.6) is 0 Å². The maximum atomic E-state index is 7.24. The second-order valence-corrected chi connectivity index (χ2v) is 4.43. The molecule has 1 heterocycles. The highest BCUT2D eigenvalue weighted by molar-refractivity contribution is 5.94. The number of nitrogens with one attached hydrogen (secondary N) is 3. The van der Waals surface area contributed by atoms with Crippen LogP contribution in [-0.2, 0) is 6.54 Å². The summed E-state index contributed by atoms with van der Waals surface area (Å²) in [6, 6.07) is 1.89. The molecule has 0 aromatic carbocycles. The molecule has 5 N–H and O–H groups in total. The van der Waals surface area contributed by atoms with E-state index in [2.05, 4.69) is 31.1 Å². The van der Waals surface area contributed by atoms with E-state index in [1.54, 1.807) is 6.20 Å². The second-order valence-electron chi connectivity index (χ2n) is 4.43. The molecule has 0 saturated heterocycles. The SMILES string of the molecule is CC(C)(C)NCc1cc(C(=N)N)c[nH]1. The number of amidine groups is 1. The minimum atomic E-state index is 0.0987. The molecule has 0 fully saturated rings. The Morgan fingerprint density at radius 2 is 2.21 bits per heavy atom. The van der Waals surface area contributed by atoms with E-state index in [4.69, 9.17) is 11.1 Å². The van der Waals surface area contributed by atoms with Crippen molar-refractivity contribution >= 4 is 5.84 Å². The first kappa shape index (κ1) is 10.8. The van der Waals surface area contributed by atoms with Gasteiger partial charge in [-0.1, -0.05) is 0 Å². The summed E-state index contributed by atoms with van der Waals surface area (Å²) in [5.74, 6) is 0.100. The van der Waals surface area contributed by atoms with Crippen LogP contribution in [0.15, 0.2) is 12.3 Å². The Hall–Kier alpha value is -1.29. The van der Waals surface area contributed by atoms with Crippen molar-refractivity contribution in [1.29, 1.82) is 5.41 Å². The molecule has 1 aromatic heterocycles. The summed E-state index contributed by atoms with van der Waals surface area (Å²) in [6.45, 7) is 7.10. The molecular formula is C10H18N4. The summed E-state index contributed by atoms with van der Waals surface area (Å²) in [6.07, 6.45) is 1.75. The van der Waals surface area contributed by atoms with Crippen LogP contribution in [0.3, 0.4) is 0 Å². The van der Waals surface area contributed by atoms with Gasteiger partial charge in [-0.25, -0.2) is 0 Å². The summed E-state index contributed by atoms with van der Waals surface area (Å²) < 4.78 is 0. The van der Waals surface area contributed by atoms with Gasteiger partial charge in [0, 0.05) is 29.5 Å². The Kier molecular flexibility index (Phi) is 2.96. The van der Waals surface area contributed by atoms with Crippen molar-refractivity contribution in [3.63, 3.8) is 0 Å². The van der Waals surface area contributed by atoms with Crippen molar-refractivity contribution in [3.05, 3.63) is 23.5 Å². The number of aromatic amines is 1. The molecule has 0 atom stereocenters. The van der Waals surface area contributed by atoms with E-state index in [1.165, 1.54) is 0 Å². The molecule has 0 aliphatic rings. The minimum absolute atomic E-state index is 0.0987. The standard InChI is InChI=1S/C10H18N4/c1-10(2,3)14-6-8-4-7(5-13-8)9(11)12/h4-5,13-14H,6H2,1-3H3,(H3,11,12). The summed E-state index contributed by atoms with van der Waals surface area (Å²) in [5, 5.41) is 10.6. The zero-order valence-electron chi connectivity index (χ0n) is 8.94. The van der Waals surface area contributed by atoms with Crippen molar-refractivity contribution in [1.82, 2.24) is 10.3 Å². The molecule has 0 aliphatic heterocycles. The van der Waals surface area contributed by atoms with Crippen molar-refractivity contribution in [2.45, 2.75) is 32.9 Å². The lowest BCUT2D eigenvalue weighted by atomic mass is 10.1. The number of hydrogen-bond donors (Lipinski definition) is 4. The Bertz CT molecular complexity index is 319. The van der Waals surface area contributed by atoms with E-state index in [9.17, 15) is 0 Å². The second kappa shape index (κ2) is 3.84. The van der Waals surface area contributed by atoms with Crippen LogP contribution in [0, 0.1) is 5.41 Å². The lowest BCUT2D eigenvalue weighted by Gasteiger charge is -2.19. The van der Waals surface area contributed by atoms with Gasteiger partial charge in [0.1, 0.15) is 5.84 Å². The molecule has 0 radical (unpaired) electrons. The largest absolute Gasteiger partial charge is 0.384 e. The van der Waals surface area contributed by atoms with Crippen LogP contribution in [0.4, 0.5) is 0 Å². The van der Waals surface area contributed by atoms with Crippen LogP contribution in [0.25, 0.3) is 0 Å². The highest BCUT2D eigenvalue weighted by Crippen LogP contribution is 2.05. The molecule has 0 amide bonds. The maximum Gasteiger partial charge on any atom is 0.124 e. The quantitative estimate of drug-likeness (QED) is 0.431. The third-order valence-electron chi connectivity index (χ3n) is 1.86. The smallest absolute Gasteiger partial charge is 0.124 e. The highest BCUT2D eigenvalue weighted by Gasteiger charge is 2.09. The predicted octanol–water partition coefficient (Wildman–Crippen LogP) is 1.19. The molecule has 0 spiro atoms. The van der Waals surface area contributed by atoms with Gasteiger partial charge in [0.05, 0.1) is 0 Å². The summed E-state index contributed by atoms with van der Waals surface area (Å²) >= 11 is 0. The van der Waals surface area contributed by atoms with Crippen molar-refractivity contribution < 1.29 is 0 Å². The Morgan fingerprint density at radius 3 is 2.64 bits per heavy atom. The molecule has 0 unspecified atom stereocenters. The molecule has 0 saturated carbocycles. The van der Waals surface area contributed by atoms with Gasteiger partial charge in [-0.15, -0.1) is 0 Å². The molecule has 4 heteroatoms. The molecule has 0 bridgehead atoms. The third-order valence-corrected chi connectivity index (χ3v) is 1.86. The summed E-state index contributed by atoms with van der Waals surface area (Å²) in [5.41, 5.74) is 7.24. The fourth-order valence-electron chi connectivity index (χ4n) is 1.06. The van der Waals surface area contributed by atoms with Crippen molar-refractivity contribution in [2.75, 3.05) is 0 Å². The summed E-state index contributed by atoms with van der Waals surface area (Å²) in [7, 11) is 0. The number of nitrogen functional groups attached to an aromatic ring is 1. The van der Waals surface area contributed by atoms with Crippen LogP contribution in [0.2, 0.25) is 0 Å². The predicted molar refractivity (Wildman–Crippen MR) is 58.4 cm³/mol. The van der Waals surface area contributed by atoms with E-state index in [0.717, 1.165) is 17.8 Å². The average Bonchev–Trinajstić information content (AvgIpc) is 2.47. The van der Waals surface area contributed by atoms with Crippen molar-refractivity contribution in [3.8, 4) is 0 Å². The number of rotatable bonds is 3. The monoisotopic (exact) mass is 194 g/mol. The fraction of sp³-hybridized carbons (Fsp3) is 0.500. The van der Waals surface area contributed by atoms with Crippen LogP contribution in [-0.4, -0.2) is 16.4 Å². The van der Waals surface area contributed by atoms with Crippen LogP contribution < -0.4 is 11.1 Å². The molecule has 14 heavy (non-hydrogen) atoms.